The standard InChI is InChI=1S/C16H21NO3/c1-5-19-15-8-12-7-11(4)20-14(12)9-13(15)17-16(18)6-10(2)3/h6,8-9,11H,5,7H2,1-4H3,(H,17,18)/t11-/m1/s1. The monoisotopic (exact) mass is 275 g/mol. The van der Waals surface area contributed by atoms with E-state index in [0.29, 0.717) is 18.0 Å². The molecule has 1 aliphatic heterocycles. The van der Waals surface area contributed by atoms with Gasteiger partial charge in [0.2, 0.25) is 5.91 Å². The van der Waals surface area contributed by atoms with Gasteiger partial charge in [0.1, 0.15) is 17.6 Å². The number of carbonyl (C=O) groups is 1. The highest BCUT2D eigenvalue weighted by molar-refractivity contribution is 6.00. The van der Waals surface area contributed by atoms with Crippen molar-refractivity contribution in [3.63, 3.8) is 0 Å². The van der Waals surface area contributed by atoms with Gasteiger partial charge in [-0.15, -0.1) is 0 Å². The highest BCUT2D eigenvalue weighted by Gasteiger charge is 2.22. The summed E-state index contributed by atoms with van der Waals surface area (Å²) in [5.74, 6) is 1.37. The van der Waals surface area contributed by atoms with Crippen LogP contribution in [0.15, 0.2) is 23.8 Å². The van der Waals surface area contributed by atoms with E-state index in [4.69, 9.17) is 9.47 Å². The van der Waals surface area contributed by atoms with Crippen molar-refractivity contribution in [2.75, 3.05) is 11.9 Å². The molecule has 108 valence electrons. The van der Waals surface area contributed by atoms with Gasteiger partial charge in [-0.2, -0.15) is 0 Å². The van der Waals surface area contributed by atoms with E-state index in [-0.39, 0.29) is 12.0 Å². The summed E-state index contributed by atoms with van der Waals surface area (Å²) >= 11 is 0. The number of amides is 1. The van der Waals surface area contributed by atoms with Gasteiger partial charge in [0.05, 0.1) is 12.3 Å². The van der Waals surface area contributed by atoms with E-state index >= 15 is 0 Å². The largest absolute Gasteiger partial charge is 0.492 e. The zero-order valence-corrected chi connectivity index (χ0v) is 12.4. The molecule has 20 heavy (non-hydrogen) atoms. The first kappa shape index (κ1) is 14.4. The maximum atomic E-state index is 11.9. The molecule has 0 fully saturated rings. The summed E-state index contributed by atoms with van der Waals surface area (Å²) in [5, 5.41) is 2.85. The lowest BCUT2D eigenvalue weighted by Crippen LogP contribution is -2.10. The first-order valence-electron chi connectivity index (χ1n) is 6.92. The van der Waals surface area contributed by atoms with E-state index in [0.717, 1.165) is 23.3 Å². The lowest BCUT2D eigenvalue weighted by Gasteiger charge is -2.12. The van der Waals surface area contributed by atoms with Gasteiger partial charge in [-0.05, 0) is 33.8 Å². The number of allylic oxidation sites excluding steroid dienone is 1. The van der Waals surface area contributed by atoms with Crippen LogP contribution in [0.5, 0.6) is 11.5 Å². The SMILES string of the molecule is CCOc1cc2c(cc1NC(=O)C=C(C)C)O[C@H](C)C2. The minimum atomic E-state index is -0.156. The maximum Gasteiger partial charge on any atom is 0.248 e. The number of carbonyl (C=O) groups excluding carboxylic acids is 1. The molecule has 1 amide bonds. The summed E-state index contributed by atoms with van der Waals surface area (Å²) in [6.45, 7) is 8.28. The van der Waals surface area contributed by atoms with Crippen LogP contribution in [0.4, 0.5) is 5.69 Å². The molecule has 1 heterocycles. The fraction of sp³-hybridized carbons (Fsp3) is 0.438. The second-order valence-corrected chi connectivity index (χ2v) is 5.23. The molecular formula is C16H21NO3. The van der Waals surface area contributed by atoms with Gasteiger partial charge in [0.15, 0.2) is 0 Å². The molecule has 0 aromatic heterocycles. The third-order valence-electron chi connectivity index (χ3n) is 2.98. The van der Waals surface area contributed by atoms with Crippen molar-refractivity contribution in [2.24, 2.45) is 0 Å². The van der Waals surface area contributed by atoms with Gasteiger partial charge >= 0.3 is 0 Å². The molecule has 1 aromatic rings. The van der Waals surface area contributed by atoms with Crippen molar-refractivity contribution in [1.29, 1.82) is 0 Å². The van der Waals surface area contributed by atoms with E-state index in [1.54, 1.807) is 6.08 Å². The Bertz CT molecular complexity index is 545. The molecule has 1 N–H and O–H groups in total. The van der Waals surface area contributed by atoms with E-state index < -0.39 is 0 Å². The zero-order valence-electron chi connectivity index (χ0n) is 12.4. The molecule has 0 saturated carbocycles. The molecule has 0 unspecified atom stereocenters. The average Bonchev–Trinajstić information content (AvgIpc) is 2.68. The molecule has 4 heteroatoms. The molecule has 2 rings (SSSR count). The van der Waals surface area contributed by atoms with Crippen molar-refractivity contribution >= 4 is 11.6 Å². The van der Waals surface area contributed by atoms with Gasteiger partial charge in [0.25, 0.3) is 0 Å². The van der Waals surface area contributed by atoms with E-state index in [1.165, 1.54) is 0 Å². The number of hydrogen-bond acceptors (Lipinski definition) is 3. The highest BCUT2D eigenvalue weighted by atomic mass is 16.5. The molecule has 0 spiro atoms. The van der Waals surface area contributed by atoms with Gasteiger partial charge in [-0.25, -0.2) is 0 Å². The van der Waals surface area contributed by atoms with Crippen LogP contribution >= 0.6 is 0 Å². The van der Waals surface area contributed by atoms with Crippen LogP contribution in [0, 0.1) is 0 Å². The Morgan fingerprint density at radius 2 is 2.25 bits per heavy atom. The Kier molecular flexibility index (Phi) is 4.32. The molecular weight excluding hydrogens is 254 g/mol. The molecule has 0 radical (unpaired) electrons. The predicted molar refractivity (Wildman–Crippen MR) is 79.5 cm³/mol. The van der Waals surface area contributed by atoms with E-state index in [1.807, 2.05) is 39.8 Å². The topological polar surface area (TPSA) is 47.6 Å². The molecule has 0 bridgehead atoms. The number of rotatable bonds is 4. The lowest BCUT2D eigenvalue weighted by molar-refractivity contribution is -0.112. The Morgan fingerprint density at radius 1 is 1.50 bits per heavy atom. The number of anilines is 1. The Labute approximate surface area is 119 Å². The summed E-state index contributed by atoms with van der Waals surface area (Å²) in [7, 11) is 0. The van der Waals surface area contributed by atoms with Crippen LogP contribution in [-0.4, -0.2) is 18.6 Å². The van der Waals surface area contributed by atoms with Gasteiger partial charge in [-0.3, -0.25) is 4.79 Å². The summed E-state index contributed by atoms with van der Waals surface area (Å²) in [4.78, 5) is 11.9. The zero-order chi connectivity index (χ0) is 14.7. The highest BCUT2D eigenvalue weighted by Crippen LogP contribution is 2.38. The average molecular weight is 275 g/mol. The molecule has 0 aliphatic carbocycles. The van der Waals surface area contributed by atoms with Crippen LogP contribution in [0.2, 0.25) is 0 Å². The van der Waals surface area contributed by atoms with Crippen LogP contribution in [0.1, 0.15) is 33.3 Å². The molecule has 1 aromatic carbocycles. The van der Waals surface area contributed by atoms with E-state index in [2.05, 4.69) is 5.32 Å². The van der Waals surface area contributed by atoms with Crippen molar-refractivity contribution in [3.05, 3.63) is 29.3 Å². The normalized spacial score (nSPS) is 16.1. The van der Waals surface area contributed by atoms with Crippen molar-refractivity contribution in [1.82, 2.24) is 0 Å². The summed E-state index contributed by atoms with van der Waals surface area (Å²) < 4.78 is 11.3. The Hall–Kier alpha value is -1.97. The molecule has 4 nitrogen and oxygen atoms in total. The second-order valence-electron chi connectivity index (χ2n) is 5.23. The first-order valence-corrected chi connectivity index (χ1v) is 6.92. The molecule has 0 saturated heterocycles. The number of fused-ring (bicyclic) bond motifs is 1. The summed E-state index contributed by atoms with van der Waals surface area (Å²) in [6, 6.07) is 3.81. The summed E-state index contributed by atoms with van der Waals surface area (Å²) in [5.41, 5.74) is 2.73. The predicted octanol–water partition coefficient (Wildman–Crippen LogP) is 3.31. The molecule has 1 aliphatic rings. The van der Waals surface area contributed by atoms with Gasteiger partial charge in [-0.1, -0.05) is 5.57 Å². The number of hydrogen-bond donors (Lipinski definition) is 1. The fourth-order valence-corrected chi connectivity index (χ4v) is 2.24. The van der Waals surface area contributed by atoms with E-state index in [9.17, 15) is 4.79 Å². The Morgan fingerprint density at radius 3 is 2.90 bits per heavy atom. The van der Waals surface area contributed by atoms with Gasteiger partial charge in [0, 0.05) is 24.1 Å². The third kappa shape index (κ3) is 3.32. The maximum absolute atomic E-state index is 11.9. The number of benzene rings is 1. The summed E-state index contributed by atoms with van der Waals surface area (Å²) in [6.07, 6.45) is 2.60. The van der Waals surface area contributed by atoms with Crippen LogP contribution in [-0.2, 0) is 11.2 Å². The fourth-order valence-electron chi connectivity index (χ4n) is 2.24. The minimum Gasteiger partial charge on any atom is -0.492 e. The van der Waals surface area contributed by atoms with Crippen LogP contribution < -0.4 is 14.8 Å². The minimum absolute atomic E-state index is 0.156. The van der Waals surface area contributed by atoms with Gasteiger partial charge < -0.3 is 14.8 Å². The Balaban J connectivity index is 2.29. The van der Waals surface area contributed by atoms with Crippen LogP contribution in [0.25, 0.3) is 0 Å². The second kappa shape index (κ2) is 5.99. The van der Waals surface area contributed by atoms with Crippen molar-refractivity contribution in [3.8, 4) is 11.5 Å². The lowest BCUT2D eigenvalue weighted by atomic mass is 10.1. The van der Waals surface area contributed by atoms with Crippen LogP contribution in [0.3, 0.4) is 0 Å². The van der Waals surface area contributed by atoms with Crippen molar-refractivity contribution in [2.45, 2.75) is 40.2 Å². The first-order chi connectivity index (χ1) is 9.49. The molecule has 1 atom stereocenters. The van der Waals surface area contributed by atoms with Crippen molar-refractivity contribution < 1.29 is 14.3 Å². The third-order valence-corrected chi connectivity index (χ3v) is 2.98. The number of nitrogens with one attached hydrogen (secondary N) is 1. The number of ether oxygens (including phenoxy) is 2. The smallest absolute Gasteiger partial charge is 0.248 e. The quantitative estimate of drug-likeness (QED) is 0.858.